The van der Waals surface area contributed by atoms with Crippen LogP contribution in [-0.4, -0.2) is 44.0 Å². The highest BCUT2D eigenvalue weighted by atomic mass is 35.5. The predicted octanol–water partition coefficient (Wildman–Crippen LogP) is 3.71. The zero-order valence-electron chi connectivity index (χ0n) is 16.2. The summed E-state index contributed by atoms with van der Waals surface area (Å²) in [5.41, 5.74) is 2.44. The molecule has 2 aromatic heterocycles. The van der Waals surface area contributed by atoms with E-state index in [2.05, 4.69) is 11.2 Å². The molecule has 0 saturated heterocycles. The maximum absolute atomic E-state index is 10.1. The minimum absolute atomic E-state index is 0.172. The number of hydrogen-bond acceptors (Lipinski definition) is 6. The van der Waals surface area contributed by atoms with Crippen molar-refractivity contribution in [1.29, 1.82) is 0 Å². The fourth-order valence-electron chi connectivity index (χ4n) is 3.17. The molecule has 4 aromatic rings. The van der Waals surface area contributed by atoms with Crippen LogP contribution < -0.4 is 9.64 Å². The molecule has 30 heavy (non-hydrogen) atoms. The number of ether oxygens (including phenoxy) is 1. The van der Waals surface area contributed by atoms with Gasteiger partial charge in [0.2, 0.25) is 5.95 Å². The van der Waals surface area contributed by atoms with Crippen molar-refractivity contribution >= 4 is 34.3 Å². The van der Waals surface area contributed by atoms with Crippen LogP contribution in [0.15, 0.2) is 60.8 Å². The van der Waals surface area contributed by atoms with Gasteiger partial charge < -0.3 is 24.4 Å². The quantitative estimate of drug-likeness (QED) is 0.471. The minimum Gasteiger partial charge on any atom is -0.457 e. The van der Waals surface area contributed by atoms with Crippen molar-refractivity contribution in [3.05, 3.63) is 72.0 Å². The van der Waals surface area contributed by atoms with Crippen LogP contribution in [0.1, 0.15) is 0 Å². The Morgan fingerprint density at radius 1 is 1.17 bits per heavy atom. The van der Waals surface area contributed by atoms with Crippen LogP contribution in [0.5, 0.6) is 11.5 Å². The Bertz CT molecular complexity index is 1130. The standard InChI is InChI=1S/C22H20ClN4O3/c1-26-21-7-6-19(30-18-8-10-24-11-9-18)12-20(21)25-22(26)27(13-17(29)14-28)16-4-2-15(23)3-5-16/h2-10,12,17,28-29H,13-14H2,1H3. The first-order valence-corrected chi connectivity index (χ1v) is 9.71. The Hall–Kier alpha value is -3.13. The van der Waals surface area contributed by atoms with E-state index in [1.807, 2.05) is 46.8 Å². The molecule has 7 nitrogen and oxygen atoms in total. The van der Waals surface area contributed by atoms with Crippen LogP contribution in [0.3, 0.4) is 0 Å². The van der Waals surface area contributed by atoms with E-state index in [0.29, 0.717) is 22.5 Å². The summed E-state index contributed by atoms with van der Waals surface area (Å²) in [6.45, 7) is -0.180. The fraction of sp³-hybridized carbons (Fsp3) is 0.182. The number of rotatable bonds is 7. The minimum atomic E-state index is -0.928. The second kappa shape index (κ2) is 8.71. The van der Waals surface area contributed by atoms with E-state index in [-0.39, 0.29) is 13.2 Å². The Kier molecular flexibility index (Phi) is 5.85. The summed E-state index contributed by atoms with van der Waals surface area (Å²) in [5.74, 6) is 1.89. The first-order valence-electron chi connectivity index (χ1n) is 9.33. The van der Waals surface area contributed by atoms with Gasteiger partial charge >= 0.3 is 0 Å². The van der Waals surface area contributed by atoms with Crippen molar-refractivity contribution in [3.63, 3.8) is 0 Å². The number of nitrogens with zero attached hydrogens (tertiary/aromatic N) is 4. The molecule has 2 N–H and O–H groups in total. The Balaban J connectivity index is 1.72. The van der Waals surface area contributed by atoms with Crippen molar-refractivity contribution in [3.8, 4) is 11.5 Å². The van der Waals surface area contributed by atoms with Crippen molar-refractivity contribution in [2.45, 2.75) is 6.10 Å². The average Bonchev–Trinajstić information content (AvgIpc) is 3.09. The average molecular weight is 424 g/mol. The first-order chi connectivity index (χ1) is 14.5. The first kappa shape index (κ1) is 20.2. The van der Waals surface area contributed by atoms with Gasteiger partial charge in [-0.2, -0.15) is 0 Å². The summed E-state index contributed by atoms with van der Waals surface area (Å²) in [6.07, 6.45) is 3.42. The number of benzene rings is 2. The maximum atomic E-state index is 10.1. The topological polar surface area (TPSA) is 83.6 Å². The van der Waals surface area contributed by atoms with E-state index in [1.165, 1.54) is 0 Å². The lowest BCUT2D eigenvalue weighted by Gasteiger charge is -2.25. The molecule has 1 atom stereocenters. The lowest BCUT2D eigenvalue weighted by Crippen LogP contribution is -2.32. The van der Waals surface area contributed by atoms with E-state index >= 15 is 0 Å². The third-order valence-electron chi connectivity index (χ3n) is 4.64. The molecule has 2 aromatic carbocycles. The number of aryl methyl sites for hydroxylation is 1. The number of halogens is 1. The van der Waals surface area contributed by atoms with Gasteiger partial charge in [0.15, 0.2) is 0 Å². The summed E-state index contributed by atoms with van der Waals surface area (Å²) in [4.78, 5) is 10.5. The van der Waals surface area contributed by atoms with E-state index in [4.69, 9.17) is 21.3 Å². The lowest BCUT2D eigenvalue weighted by molar-refractivity contribution is 0.101. The van der Waals surface area contributed by atoms with Crippen LogP contribution in [0, 0.1) is 6.20 Å². The Morgan fingerprint density at radius 3 is 2.67 bits per heavy atom. The predicted molar refractivity (Wildman–Crippen MR) is 115 cm³/mol. The normalized spacial score (nSPS) is 12.1. The second-order valence-corrected chi connectivity index (χ2v) is 7.20. The van der Waals surface area contributed by atoms with Gasteiger partial charge in [-0.05, 0) is 42.5 Å². The van der Waals surface area contributed by atoms with Crippen molar-refractivity contribution in [2.24, 2.45) is 7.05 Å². The molecule has 4 rings (SSSR count). The monoisotopic (exact) mass is 423 g/mol. The molecule has 0 saturated carbocycles. The van der Waals surface area contributed by atoms with Gasteiger partial charge in [0.25, 0.3) is 0 Å². The van der Waals surface area contributed by atoms with Crippen molar-refractivity contribution in [1.82, 2.24) is 14.5 Å². The van der Waals surface area contributed by atoms with Gasteiger partial charge in [-0.15, -0.1) is 0 Å². The third-order valence-corrected chi connectivity index (χ3v) is 4.89. The number of hydrogen-bond donors (Lipinski definition) is 2. The summed E-state index contributed by atoms with van der Waals surface area (Å²) in [6, 6.07) is 16.3. The molecule has 0 amide bonds. The summed E-state index contributed by atoms with van der Waals surface area (Å²) >= 11 is 6.03. The van der Waals surface area contributed by atoms with Gasteiger partial charge in [0.05, 0.1) is 36.5 Å². The largest absolute Gasteiger partial charge is 0.457 e. The van der Waals surface area contributed by atoms with Gasteiger partial charge in [-0.3, -0.25) is 4.98 Å². The summed E-state index contributed by atoms with van der Waals surface area (Å²) in [5, 5.41) is 20.1. The molecule has 1 radical (unpaired) electrons. The molecular weight excluding hydrogens is 404 g/mol. The molecular formula is C22H20ClN4O3. The highest BCUT2D eigenvalue weighted by Crippen LogP contribution is 2.31. The Morgan fingerprint density at radius 2 is 1.97 bits per heavy atom. The zero-order chi connectivity index (χ0) is 21.1. The molecule has 2 heterocycles. The fourth-order valence-corrected chi connectivity index (χ4v) is 3.29. The number of imidazole rings is 1. The van der Waals surface area contributed by atoms with Crippen molar-refractivity contribution < 1.29 is 14.9 Å². The molecule has 0 fully saturated rings. The third kappa shape index (κ3) is 4.23. The van der Waals surface area contributed by atoms with Crippen LogP contribution in [-0.2, 0) is 7.05 Å². The molecule has 8 heteroatoms. The number of aliphatic hydroxyl groups excluding tert-OH is 2. The summed E-state index contributed by atoms with van der Waals surface area (Å²) < 4.78 is 7.78. The maximum Gasteiger partial charge on any atom is 0.210 e. The van der Waals surface area contributed by atoms with E-state index in [1.54, 1.807) is 30.5 Å². The van der Waals surface area contributed by atoms with Gasteiger partial charge in [0.1, 0.15) is 11.5 Å². The smallest absolute Gasteiger partial charge is 0.210 e. The highest BCUT2D eigenvalue weighted by molar-refractivity contribution is 6.30. The molecule has 0 aliphatic carbocycles. The van der Waals surface area contributed by atoms with Crippen LogP contribution in [0.25, 0.3) is 11.0 Å². The second-order valence-electron chi connectivity index (χ2n) is 6.77. The lowest BCUT2D eigenvalue weighted by atomic mass is 10.2. The van der Waals surface area contributed by atoms with E-state index < -0.39 is 6.10 Å². The molecule has 0 spiro atoms. The van der Waals surface area contributed by atoms with Gasteiger partial charge in [0, 0.05) is 36.1 Å². The summed E-state index contributed by atoms with van der Waals surface area (Å²) in [7, 11) is 1.90. The van der Waals surface area contributed by atoms with E-state index in [9.17, 15) is 10.2 Å². The van der Waals surface area contributed by atoms with Crippen molar-refractivity contribution in [2.75, 3.05) is 18.1 Å². The highest BCUT2D eigenvalue weighted by Gasteiger charge is 2.20. The molecule has 153 valence electrons. The molecule has 1 unspecified atom stereocenters. The van der Waals surface area contributed by atoms with Gasteiger partial charge in [-0.25, -0.2) is 4.98 Å². The van der Waals surface area contributed by atoms with E-state index in [0.717, 1.165) is 16.7 Å². The van der Waals surface area contributed by atoms with Crippen LogP contribution >= 0.6 is 11.6 Å². The number of aromatic nitrogens is 3. The Labute approximate surface area is 178 Å². The SMILES string of the molecule is Cn1c(N(CC(O)CO)c2ccc(Cl)cc2)nc2cc(Oc3c[c]ncc3)ccc21. The zero-order valence-corrected chi connectivity index (χ0v) is 17.0. The molecule has 0 aliphatic rings. The molecule has 0 aliphatic heterocycles. The van der Waals surface area contributed by atoms with Crippen LogP contribution in [0.4, 0.5) is 11.6 Å². The number of aliphatic hydroxyl groups is 2. The molecule has 0 bridgehead atoms. The number of anilines is 2. The van der Waals surface area contributed by atoms with Gasteiger partial charge in [-0.1, -0.05) is 11.6 Å². The number of pyridine rings is 1. The van der Waals surface area contributed by atoms with Crippen LogP contribution in [0.2, 0.25) is 5.02 Å². The number of fused-ring (bicyclic) bond motifs is 1.